The van der Waals surface area contributed by atoms with E-state index in [-0.39, 0.29) is 6.04 Å². The summed E-state index contributed by atoms with van der Waals surface area (Å²) in [7, 11) is 0. The highest BCUT2D eigenvalue weighted by Crippen LogP contribution is 2.21. The Morgan fingerprint density at radius 2 is 2.07 bits per heavy atom. The molecule has 1 aromatic carbocycles. The van der Waals surface area contributed by atoms with Crippen molar-refractivity contribution in [2.24, 2.45) is 0 Å². The van der Waals surface area contributed by atoms with Crippen LogP contribution >= 0.6 is 0 Å². The molecule has 0 aromatic heterocycles. The molecule has 0 N–H and O–H groups in total. The molecular weight excluding hydrogens is 174 g/mol. The van der Waals surface area contributed by atoms with Crippen molar-refractivity contribution >= 4 is 6.29 Å². The first-order valence-electron chi connectivity index (χ1n) is 4.84. The van der Waals surface area contributed by atoms with Crippen LogP contribution in [-0.2, 0) is 4.79 Å². The molecule has 0 amide bonds. The minimum atomic E-state index is -0.116. The van der Waals surface area contributed by atoms with Crippen molar-refractivity contribution in [2.45, 2.75) is 12.5 Å². The van der Waals surface area contributed by atoms with E-state index in [0.717, 1.165) is 24.8 Å². The zero-order valence-corrected chi connectivity index (χ0v) is 7.97. The largest absolute Gasteiger partial charge is 0.364 e. The van der Waals surface area contributed by atoms with Crippen LogP contribution in [0.5, 0.6) is 0 Å². The number of aldehydes is 1. The topological polar surface area (TPSA) is 20.3 Å². The fourth-order valence-corrected chi connectivity index (χ4v) is 1.74. The second-order valence-corrected chi connectivity index (χ2v) is 3.40. The average Bonchev–Trinajstić information content (AvgIpc) is 2.74. The van der Waals surface area contributed by atoms with Gasteiger partial charge in [-0.2, -0.15) is 0 Å². The molecule has 0 fully saturated rings. The van der Waals surface area contributed by atoms with Gasteiger partial charge in [0.05, 0.1) is 0 Å². The maximum absolute atomic E-state index is 11.0. The fourth-order valence-electron chi connectivity index (χ4n) is 1.74. The summed E-state index contributed by atoms with van der Waals surface area (Å²) in [5.74, 6) is 0. The van der Waals surface area contributed by atoms with Gasteiger partial charge in [-0.25, -0.2) is 0 Å². The third-order valence-electron chi connectivity index (χ3n) is 2.48. The van der Waals surface area contributed by atoms with E-state index in [2.05, 4.69) is 11.0 Å². The first-order chi connectivity index (χ1) is 6.92. The van der Waals surface area contributed by atoms with E-state index in [0.29, 0.717) is 0 Å². The van der Waals surface area contributed by atoms with E-state index < -0.39 is 0 Å². The lowest BCUT2D eigenvalue weighted by Crippen LogP contribution is -2.22. The molecule has 0 aliphatic carbocycles. The number of hydrogen-bond acceptors (Lipinski definition) is 2. The van der Waals surface area contributed by atoms with Crippen LogP contribution in [0.4, 0.5) is 0 Å². The highest BCUT2D eigenvalue weighted by molar-refractivity contribution is 5.61. The smallest absolute Gasteiger partial charge is 0.146 e. The molecule has 1 aliphatic rings. The van der Waals surface area contributed by atoms with Crippen LogP contribution < -0.4 is 0 Å². The lowest BCUT2D eigenvalue weighted by atomic mass is 10.1. The predicted octanol–water partition coefficient (Wildman–Crippen LogP) is 2.15. The average molecular weight is 187 g/mol. The van der Waals surface area contributed by atoms with Gasteiger partial charge < -0.3 is 9.69 Å². The molecule has 0 radical (unpaired) electrons. The van der Waals surface area contributed by atoms with E-state index >= 15 is 0 Å². The van der Waals surface area contributed by atoms with Gasteiger partial charge in [0.15, 0.2) is 0 Å². The third-order valence-corrected chi connectivity index (χ3v) is 2.48. The zero-order valence-electron chi connectivity index (χ0n) is 7.97. The summed E-state index contributed by atoms with van der Waals surface area (Å²) < 4.78 is 0. The summed E-state index contributed by atoms with van der Waals surface area (Å²) >= 11 is 0. The van der Waals surface area contributed by atoms with Gasteiger partial charge in [0.25, 0.3) is 0 Å². The van der Waals surface area contributed by atoms with Crippen LogP contribution in [-0.4, -0.2) is 17.7 Å². The summed E-state index contributed by atoms with van der Waals surface area (Å²) in [5.41, 5.74) is 1.06. The molecule has 14 heavy (non-hydrogen) atoms. The van der Waals surface area contributed by atoms with Crippen molar-refractivity contribution in [3.8, 4) is 0 Å². The highest BCUT2D eigenvalue weighted by atomic mass is 16.1. The first-order valence-corrected chi connectivity index (χ1v) is 4.84. The molecular formula is C12H13NO. The normalized spacial score (nSPS) is 17.0. The van der Waals surface area contributed by atoms with Crippen molar-refractivity contribution < 1.29 is 4.79 Å². The molecule has 0 bridgehead atoms. The Hall–Kier alpha value is -1.57. The monoisotopic (exact) mass is 187 g/mol. The third kappa shape index (κ3) is 1.69. The quantitative estimate of drug-likeness (QED) is 0.676. The number of carbonyl (C=O) groups excluding carboxylic acids is 1. The van der Waals surface area contributed by atoms with Crippen molar-refractivity contribution in [1.82, 2.24) is 4.90 Å². The maximum Gasteiger partial charge on any atom is 0.146 e. The number of carbonyl (C=O) groups is 1. The first kappa shape index (κ1) is 9.00. The van der Waals surface area contributed by atoms with Gasteiger partial charge in [-0.3, -0.25) is 0 Å². The molecule has 1 unspecified atom stereocenters. The van der Waals surface area contributed by atoms with Crippen LogP contribution in [0.15, 0.2) is 42.6 Å². The summed E-state index contributed by atoms with van der Waals surface area (Å²) in [6.45, 7) is 0.943. The molecule has 2 heteroatoms. The number of hydrogen-bond donors (Lipinski definition) is 0. The second-order valence-electron chi connectivity index (χ2n) is 3.40. The van der Waals surface area contributed by atoms with Gasteiger partial charge in [0.2, 0.25) is 0 Å². The lowest BCUT2D eigenvalue weighted by molar-refractivity contribution is -0.111. The molecule has 0 saturated heterocycles. The van der Waals surface area contributed by atoms with Crippen LogP contribution in [0, 0.1) is 0 Å². The Morgan fingerprint density at radius 1 is 1.29 bits per heavy atom. The second kappa shape index (κ2) is 4.09. The van der Waals surface area contributed by atoms with E-state index in [1.54, 1.807) is 0 Å². The predicted molar refractivity (Wildman–Crippen MR) is 55.7 cm³/mol. The van der Waals surface area contributed by atoms with Crippen molar-refractivity contribution in [1.29, 1.82) is 0 Å². The van der Waals surface area contributed by atoms with E-state index in [1.165, 1.54) is 0 Å². The minimum Gasteiger partial charge on any atom is -0.364 e. The summed E-state index contributed by atoms with van der Waals surface area (Å²) in [6, 6.07) is 9.76. The number of benzene rings is 1. The molecule has 1 heterocycles. The van der Waals surface area contributed by atoms with Crippen molar-refractivity contribution in [2.75, 3.05) is 6.54 Å². The Morgan fingerprint density at radius 3 is 2.64 bits per heavy atom. The van der Waals surface area contributed by atoms with E-state index in [9.17, 15) is 4.79 Å². The van der Waals surface area contributed by atoms with Crippen LogP contribution in [0.3, 0.4) is 0 Å². The molecule has 0 saturated carbocycles. The van der Waals surface area contributed by atoms with Gasteiger partial charge >= 0.3 is 0 Å². The maximum atomic E-state index is 11.0. The summed E-state index contributed by atoms with van der Waals surface area (Å²) in [6.07, 6.45) is 6.15. The molecule has 0 spiro atoms. The van der Waals surface area contributed by atoms with Gasteiger partial charge in [-0.15, -0.1) is 0 Å². The minimum absolute atomic E-state index is 0.116. The van der Waals surface area contributed by atoms with Crippen molar-refractivity contribution in [3.05, 3.63) is 48.2 Å². The van der Waals surface area contributed by atoms with Gasteiger partial charge in [-0.1, -0.05) is 36.4 Å². The Kier molecular flexibility index (Phi) is 2.63. The molecule has 1 aliphatic heterocycles. The molecule has 72 valence electrons. The summed E-state index contributed by atoms with van der Waals surface area (Å²) in [5, 5.41) is 0. The SMILES string of the molecule is O=CC(c1ccccc1)N1C=CCC1. The lowest BCUT2D eigenvalue weighted by Gasteiger charge is -2.23. The number of rotatable bonds is 3. The van der Waals surface area contributed by atoms with Gasteiger partial charge in [0, 0.05) is 6.54 Å². The van der Waals surface area contributed by atoms with Gasteiger partial charge in [-0.05, 0) is 18.2 Å². The van der Waals surface area contributed by atoms with E-state index in [4.69, 9.17) is 0 Å². The zero-order chi connectivity index (χ0) is 9.80. The molecule has 1 aromatic rings. The molecule has 2 rings (SSSR count). The van der Waals surface area contributed by atoms with Gasteiger partial charge in [0.1, 0.15) is 12.3 Å². The van der Waals surface area contributed by atoms with Crippen LogP contribution in [0.1, 0.15) is 18.0 Å². The Labute approximate surface area is 83.8 Å². The Bertz CT molecular complexity index is 331. The summed E-state index contributed by atoms with van der Waals surface area (Å²) in [4.78, 5) is 13.1. The molecule has 2 nitrogen and oxygen atoms in total. The van der Waals surface area contributed by atoms with E-state index in [1.807, 2.05) is 36.5 Å². The Balaban J connectivity index is 2.21. The highest BCUT2D eigenvalue weighted by Gasteiger charge is 2.17. The fraction of sp³-hybridized carbons (Fsp3) is 0.250. The van der Waals surface area contributed by atoms with Crippen LogP contribution in [0.2, 0.25) is 0 Å². The standard InChI is InChI=1S/C12H13NO/c14-10-12(13-8-4-5-9-13)11-6-2-1-3-7-11/h1-4,6-8,10,12H,5,9H2. The van der Waals surface area contributed by atoms with Crippen molar-refractivity contribution in [3.63, 3.8) is 0 Å². The van der Waals surface area contributed by atoms with Crippen LogP contribution in [0.25, 0.3) is 0 Å². The molecule has 1 atom stereocenters. The number of nitrogens with zero attached hydrogens (tertiary/aromatic N) is 1.